The van der Waals surface area contributed by atoms with Crippen molar-refractivity contribution in [3.05, 3.63) is 12.4 Å². The highest BCUT2D eigenvalue weighted by Crippen LogP contribution is 2.18. The zero-order chi connectivity index (χ0) is 9.10. The van der Waals surface area contributed by atoms with Crippen LogP contribution in [0.25, 0.3) is 0 Å². The highest BCUT2D eigenvalue weighted by Gasteiger charge is 2.20. The number of Topliss-reactive ketones (excluding diaryl/α,β-unsaturated/α-hetero) is 1. The van der Waals surface area contributed by atoms with Crippen molar-refractivity contribution < 1.29 is 9.53 Å². The maximum absolute atomic E-state index is 10.9. The standard InChI is InChI=1S/C9H12N2O2/c12-7-1-3-8(4-2-7)13-9-10-5-6-11-9/h5-6,8H,1-4H2,(H,10,11). The number of rotatable bonds is 2. The first kappa shape index (κ1) is 8.29. The predicted molar refractivity (Wildman–Crippen MR) is 46.5 cm³/mol. The van der Waals surface area contributed by atoms with Crippen LogP contribution in [0.15, 0.2) is 12.4 Å². The first-order valence-electron chi connectivity index (χ1n) is 4.52. The van der Waals surface area contributed by atoms with Crippen molar-refractivity contribution in [3.8, 4) is 6.01 Å². The van der Waals surface area contributed by atoms with E-state index in [4.69, 9.17) is 4.74 Å². The van der Waals surface area contributed by atoms with E-state index in [0.717, 1.165) is 12.8 Å². The van der Waals surface area contributed by atoms with E-state index >= 15 is 0 Å². The van der Waals surface area contributed by atoms with Crippen LogP contribution in [-0.2, 0) is 4.79 Å². The van der Waals surface area contributed by atoms with Crippen LogP contribution in [0.1, 0.15) is 25.7 Å². The van der Waals surface area contributed by atoms with E-state index in [9.17, 15) is 4.79 Å². The van der Waals surface area contributed by atoms with Crippen molar-refractivity contribution >= 4 is 5.78 Å². The number of imidazole rings is 1. The fraction of sp³-hybridized carbons (Fsp3) is 0.556. The SMILES string of the molecule is O=C1CCC(Oc2ncc[nH]2)CC1. The minimum atomic E-state index is 0.156. The van der Waals surface area contributed by atoms with Crippen LogP contribution in [0.3, 0.4) is 0 Å². The van der Waals surface area contributed by atoms with Gasteiger partial charge in [0.15, 0.2) is 0 Å². The van der Waals surface area contributed by atoms with Gasteiger partial charge in [-0.05, 0) is 12.8 Å². The molecule has 0 aliphatic heterocycles. The van der Waals surface area contributed by atoms with Crippen molar-refractivity contribution in [2.45, 2.75) is 31.8 Å². The van der Waals surface area contributed by atoms with Gasteiger partial charge in [-0.15, -0.1) is 0 Å². The summed E-state index contributed by atoms with van der Waals surface area (Å²) in [5.41, 5.74) is 0. The van der Waals surface area contributed by atoms with Gasteiger partial charge < -0.3 is 9.72 Å². The molecule has 0 radical (unpaired) electrons. The van der Waals surface area contributed by atoms with Gasteiger partial charge in [-0.1, -0.05) is 0 Å². The van der Waals surface area contributed by atoms with E-state index in [-0.39, 0.29) is 6.10 Å². The molecule has 4 heteroatoms. The molecule has 1 aromatic rings. The molecule has 0 unspecified atom stereocenters. The summed E-state index contributed by atoms with van der Waals surface area (Å²) in [6.07, 6.45) is 6.46. The Labute approximate surface area is 76.3 Å². The molecule has 2 rings (SSSR count). The lowest BCUT2D eigenvalue weighted by Crippen LogP contribution is -2.24. The second-order valence-electron chi connectivity index (χ2n) is 3.25. The summed E-state index contributed by atoms with van der Waals surface area (Å²) in [6.45, 7) is 0. The highest BCUT2D eigenvalue weighted by atomic mass is 16.5. The third-order valence-electron chi connectivity index (χ3n) is 2.24. The third kappa shape index (κ3) is 2.08. The van der Waals surface area contributed by atoms with E-state index in [1.54, 1.807) is 12.4 Å². The Morgan fingerprint density at radius 2 is 2.23 bits per heavy atom. The number of nitrogens with one attached hydrogen (secondary N) is 1. The lowest BCUT2D eigenvalue weighted by atomic mass is 9.97. The number of hydrogen-bond donors (Lipinski definition) is 1. The molecular weight excluding hydrogens is 168 g/mol. The quantitative estimate of drug-likeness (QED) is 0.746. The molecule has 70 valence electrons. The van der Waals surface area contributed by atoms with Gasteiger partial charge >= 0.3 is 0 Å². The minimum Gasteiger partial charge on any atom is -0.461 e. The van der Waals surface area contributed by atoms with Gasteiger partial charge in [-0.2, -0.15) is 0 Å². The normalized spacial score (nSPS) is 18.9. The first-order valence-corrected chi connectivity index (χ1v) is 4.52. The predicted octanol–water partition coefficient (Wildman–Crippen LogP) is 1.30. The maximum atomic E-state index is 10.9. The Morgan fingerprint density at radius 3 is 2.85 bits per heavy atom. The third-order valence-corrected chi connectivity index (χ3v) is 2.24. The van der Waals surface area contributed by atoms with Gasteiger partial charge in [0, 0.05) is 25.2 Å². The van der Waals surface area contributed by atoms with Crippen molar-refractivity contribution in [1.29, 1.82) is 0 Å². The van der Waals surface area contributed by atoms with Crippen molar-refractivity contribution in [2.24, 2.45) is 0 Å². The molecule has 1 fully saturated rings. The molecule has 0 amide bonds. The van der Waals surface area contributed by atoms with E-state index in [1.807, 2.05) is 0 Å². The molecule has 0 bridgehead atoms. The summed E-state index contributed by atoms with van der Waals surface area (Å²) in [5, 5.41) is 0. The summed E-state index contributed by atoms with van der Waals surface area (Å²) in [7, 11) is 0. The summed E-state index contributed by atoms with van der Waals surface area (Å²) in [4.78, 5) is 17.8. The molecule has 1 aliphatic carbocycles. The van der Waals surface area contributed by atoms with Crippen LogP contribution >= 0.6 is 0 Å². The smallest absolute Gasteiger partial charge is 0.293 e. The van der Waals surface area contributed by atoms with Gasteiger partial charge in [-0.3, -0.25) is 4.79 Å². The Kier molecular flexibility index (Phi) is 2.29. The van der Waals surface area contributed by atoms with Gasteiger partial charge in [0.2, 0.25) is 0 Å². The zero-order valence-corrected chi connectivity index (χ0v) is 7.32. The van der Waals surface area contributed by atoms with Crippen LogP contribution in [0.2, 0.25) is 0 Å². The second-order valence-corrected chi connectivity index (χ2v) is 3.25. The van der Waals surface area contributed by atoms with E-state index in [2.05, 4.69) is 9.97 Å². The monoisotopic (exact) mass is 180 g/mol. The van der Waals surface area contributed by atoms with Gasteiger partial charge in [0.25, 0.3) is 6.01 Å². The molecule has 4 nitrogen and oxygen atoms in total. The molecule has 1 aromatic heterocycles. The number of nitrogens with zero attached hydrogens (tertiary/aromatic N) is 1. The molecular formula is C9H12N2O2. The van der Waals surface area contributed by atoms with Gasteiger partial charge in [-0.25, -0.2) is 4.98 Å². The second kappa shape index (κ2) is 3.60. The Morgan fingerprint density at radius 1 is 1.46 bits per heavy atom. The molecule has 13 heavy (non-hydrogen) atoms. The fourth-order valence-electron chi connectivity index (χ4n) is 1.50. The van der Waals surface area contributed by atoms with E-state index in [0.29, 0.717) is 24.6 Å². The number of hydrogen-bond acceptors (Lipinski definition) is 3. The van der Waals surface area contributed by atoms with Crippen molar-refractivity contribution in [3.63, 3.8) is 0 Å². The molecule has 1 saturated carbocycles. The van der Waals surface area contributed by atoms with Crippen LogP contribution in [0, 0.1) is 0 Å². The average Bonchev–Trinajstić information content (AvgIpc) is 2.62. The number of aromatic amines is 1. The van der Waals surface area contributed by atoms with Gasteiger partial charge in [0.05, 0.1) is 0 Å². The minimum absolute atomic E-state index is 0.156. The van der Waals surface area contributed by atoms with Crippen LogP contribution in [0.4, 0.5) is 0 Å². The van der Waals surface area contributed by atoms with Crippen LogP contribution in [-0.4, -0.2) is 21.9 Å². The Balaban J connectivity index is 1.86. The van der Waals surface area contributed by atoms with E-state index < -0.39 is 0 Å². The Bertz CT molecular complexity index is 272. The molecule has 0 spiro atoms. The zero-order valence-electron chi connectivity index (χ0n) is 7.32. The first-order chi connectivity index (χ1) is 6.34. The maximum Gasteiger partial charge on any atom is 0.293 e. The average molecular weight is 180 g/mol. The summed E-state index contributed by atoms with van der Waals surface area (Å²) < 4.78 is 5.52. The Hall–Kier alpha value is -1.32. The van der Waals surface area contributed by atoms with Crippen molar-refractivity contribution in [2.75, 3.05) is 0 Å². The fourth-order valence-corrected chi connectivity index (χ4v) is 1.50. The number of aromatic nitrogens is 2. The van der Waals surface area contributed by atoms with Crippen molar-refractivity contribution in [1.82, 2.24) is 9.97 Å². The molecule has 1 N–H and O–H groups in total. The molecule has 1 heterocycles. The highest BCUT2D eigenvalue weighted by molar-refractivity contribution is 5.79. The number of ketones is 1. The number of carbonyl (C=O) groups excluding carboxylic acids is 1. The summed E-state index contributed by atoms with van der Waals surface area (Å²) in [6, 6.07) is 0.555. The van der Waals surface area contributed by atoms with E-state index in [1.165, 1.54) is 0 Å². The number of carbonyl (C=O) groups is 1. The number of H-pyrrole nitrogens is 1. The van der Waals surface area contributed by atoms with Crippen LogP contribution in [0.5, 0.6) is 6.01 Å². The molecule has 0 atom stereocenters. The lowest BCUT2D eigenvalue weighted by Gasteiger charge is -2.20. The summed E-state index contributed by atoms with van der Waals surface area (Å²) in [5.74, 6) is 0.347. The lowest BCUT2D eigenvalue weighted by molar-refractivity contribution is -0.121. The molecule has 0 saturated heterocycles. The topological polar surface area (TPSA) is 55.0 Å². The molecule has 1 aliphatic rings. The van der Waals surface area contributed by atoms with Gasteiger partial charge in [0.1, 0.15) is 11.9 Å². The van der Waals surface area contributed by atoms with Crippen LogP contribution < -0.4 is 4.74 Å². The molecule has 0 aromatic carbocycles. The number of ether oxygens (including phenoxy) is 1. The largest absolute Gasteiger partial charge is 0.461 e. The summed E-state index contributed by atoms with van der Waals surface area (Å²) >= 11 is 0.